The molecule has 2 fully saturated rings. The van der Waals surface area contributed by atoms with E-state index in [9.17, 15) is 13.2 Å². The Morgan fingerprint density at radius 1 is 0.918 bits per heavy atom. The number of ether oxygens (including phenoxy) is 4. The number of fused-ring (bicyclic) bond motifs is 5. The molecule has 1 saturated heterocycles. The van der Waals surface area contributed by atoms with Crippen molar-refractivity contribution in [3.63, 3.8) is 0 Å². The van der Waals surface area contributed by atoms with Crippen molar-refractivity contribution in [1.29, 1.82) is 0 Å². The fourth-order valence-electron chi connectivity index (χ4n) is 7.12. The molecule has 3 aromatic carbocycles. The summed E-state index contributed by atoms with van der Waals surface area (Å²) >= 11 is 6.34. The summed E-state index contributed by atoms with van der Waals surface area (Å²) in [7, 11) is -4.17. The lowest BCUT2D eigenvalue weighted by atomic mass is 9.73. The molecule has 4 aliphatic rings. The molecule has 1 amide bonds. The molecule has 4 bridgehead atoms. The minimum atomic E-state index is -4.17. The number of carbonyl (C=O) groups excluding carboxylic acids is 1. The van der Waals surface area contributed by atoms with E-state index < -0.39 is 15.9 Å². The van der Waals surface area contributed by atoms with Gasteiger partial charge in [-0.15, -0.1) is 0 Å². The second kappa shape index (κ2) is 15.2. The van der Waals surface area contributed by atoms with E-state index in [4.69, 9.17) is 30.5 Å². The van der Waals surface area contributed by atoms with Crippen LogP contribution in [-0.2, 0) is 39.0 Å². The van der Waals surface area contributed by atoms with E-state index in [0.717, 1.165) is 89.3 Å². The average Bonchev–Trinajstić information content (AvgIpc) is 3.09. The van der Waals surface area contributed by atoms with Gasteiger partial charge in [-0.2, -0.15) is 0 Å². The largest absolute Gasteiger partial charge is 0.493 e. The number of sulfonamides is 1. The Balaban J connectivity index is 1.16. The van der Waals surface area contributed by atoms with Crippen LogP contribution in [0.1, 0.15) is 42.4 Å². The number of morpholine rings is 1. The lowest BCUT2D eigenvalue weighted by molar-refractivity contribution is -0.118. The van der Waals surface area contributed by atoms with Gasteiger partial charge in [0.05, 0.1) is 36.8 Å². The van der Waals surface area contributed by atoms with Crippen molar-refractivity contribution in [2.24, 2.45) is 11.8 Å². The molecule has 0 radical (unpaired) electrons. The third-order valence-electron chi connectivity index (χ3n) is 10.1. The van der Waals surface area contributed by atoms with Crippen LogP contribution in [-0.4, -0.2) is 78.4 Å². The molecular formula is C37H44ClN3O7S. The molecule has 3 aliphatic heterocycles. The summed E-state index contributed by atoms with van der Waals surface area (Å²) in [5.41, 5.74) is 3.56. The van der Waals surface area contributed by atoms with Crippen molar-refractivity contribution in [1.82, 2.24) is 9.62 Å². The number of nitrogens with one attached hydrogen (secondary N) is 1. The molecule has 0 unspecified atom stereocenters. The van der Waals surface area contributed by atoms with Crippen LogP contribution in [0.15, 0.2) is 59.5 Å². The lowest BCUT2D eigenvalue weighted by Gasteiger charge is -2.41. The van der Waals surface area contributed by atoms with Gasteiger partial charge in [-0.1, -0.05) is 17.7 Å². The highest BCUT2D eigenvalue weighted by Crippen LogP contribution is 2.40. The minimum absolute atomic E-state index is 0.0247. The number of aryl methyl sites for hydroxylation is 1. The fourth-order valence-corrected chi connectivity index (χ4v) is 8.31. The van der Waals surface area contributed by atoms with E-state index in [1.165, 1.54) is 11.6 Å². The highest BCUT2D eigenvalue weighted by atomic mass is 35.5. The molecule has 0 spiro atoms. The molecular weight excluding hydrogens is 666 g/mol. The van der Waals surface area contributed by atoms with E-state index in [0.29, 0.717) is 59.5 Å². The van der Waals surface area contributed by atoms with Crippen molar-refractivity contribution < 1.29 is 32.2 Å². The van der Waals surface area contributed by atoms with Gasteiger partial charge >= 0.3 is 0 Å². The second-order valence-corrected chi connectivity index (χ2v) is 15.6. The zero-order valence-electron chi connectivity index (χ0n) is 27.7. The van der Waals surface area contributed by atoms with Gasteiger partial charge in [0.1, 0.15) is 30.5 Å². The molecule has 2 atom stereocenters. The number of hydrogen-bond acceptors (Lipinski definition) is 9. The Hall–Kier alpha value is -3.51. The Bertz CT molecular complexity index is 1760. The Labute approximate surface area is 293 Å². The monoisotopic (exact) mass is 709 g/mol. The molecule has 1 saturated carbocycles. The number of rotatable bonds is 4. The summed E-state index contributed by atoms with van der Waals surface area (Å²) in [6.45, 7) is 6.78. The molecule has 3 aromatic rings. The number of hydrogen-bond donors (Lipinski definition) is 1. The molecule has 12 heteroatoms. The van der Waals surface area contributed by atoms with Gasteiger partial charge in [0.2, 0.25) is 5.91 Å². The van der Waals surface area contributed by atoms with Crippen molar-refractivity contribution in [3.8, 4) is 17.2 Å². The second-order valence-electron chi connectivity index (χ2n) is 13.5. The number of anilines is 1. The first-order valence-corrected chi connectivity index (χ1v) is 19.2. The van der Waals surface area contributed by atoms with Gasteiger partial charge in [0.15, 0.2) is 0 Å². The molecule has 262 valence electrons. The maximum atomic E-state index is 13.7. The third kappa shape index (κ3) is 8.45. The summed E-state index contributed by atoms with van der Waals surface area (Å²) in [5, 5.41) is 0.703. The summed E-state index contributed by atoms with van der Waals surface area (Å²) in [4.78, 5) is 17.8. The average molecular weight is 710 g/mol. The van der Waals surface area contributed by atoms with Crippen molar-refractivity contribution in [2.75, 3.05) is 64.1 Å². The number of amides is 1. The summed E-state index contributed by atoms with van der Waals surface area (Å²) in [6.07, 6.45) is 4.72. The van der Waals surface area contributed by atoms with Gasteiger partial charge in [0, 0.05) is 43.8 Å². The number of carbonyl (C=O) groups is 1. The Kier molecular flexibility index (Phi) is 10.5. The molecule has 3 heterocycles. The highest BCUT2D eigenvalue weighted by molar-refractivity contribution is 7.90. The van der Waals surface area contributed by atoms with Crippen LogP contribution < -0.4 is 23.8 Å². The molecule has 49 heavy (non-hydrogen) atoms. The normalized spacial score (nSPS) is 22.9. The van der Waals surface area contributed by atoms with Crippen molar-refractivity contribution >= 4 is 33.2 Å². The molecule has 10 nitrogen and oxygen atoms in total. The first kappa shape index (κ1) is 34.0. The zero-order chi connectivity index (χ0) is 33.8. The van der Waals surface area contributed by atoms with E-state index in [-0.39, 0.29) is 11.3 Å². The number of halogens is 1. The number of nitrogens with zero attached hydrogens (tertiary/aromatic N) is 2. The van der Waals surface area contributed by atoms with Crippen LogP contribution >= 0.6 is 11.6 Å². The topological polar surface area (TPSA) is 107 Å². The first-order valence-electron chi connectivity index (χ1n) is 17.3. The maximum Gasteiger partial charge on any atom is 0.264 e. The van der Waals surface area contributed by atoms with Gasteiger partial charge in [-0.05, 0) is 103 Å². The fraction of sp³-hybridized carbons (Fsp3) is 0.486. The van der Waals surface area contributed by atoms with Gasteiger partial charge < -0.3 is 23.8 Å². The smallest absolute Gasteiger partial charge is 0.264 e. The van der Waals surface area contributed by atoms with Crippen LogP contribution in [0, 0.1) is 11.8 Å². The quantitative estimate of drug-likeness (QED) is 0.390. The van der Waals surface area contributed by atoms with Crippen LogP contribution in [0.25, 0.3) is 0 Å². The SMILES string of the molecule is O=C1Cc2cc(OCCN3CCOCC3)cc(c2)OC[C@@H]2CC[C@H]2CN2CCCCc3cc(Cl)ccc3COc3ccc(cc32)S(=O)(=O)N1. The van der Waals surface area contributed by atoms with E-state index in [2.05, 4.69) is 14.5 Å². The van der Waals surface area contributed by atoms with E-state index in [1.54, 1.807) is 18.2 Å². The summed E-state index contributed by atoms with van der Waals surface area (Å²) < 4.78 is 54.0. The predicted molar refractivity (Wildman–Crippen MR) is 187 cm³/mol. The molecule has 7 rings (SSSR count). The summed E-state index contributed by atoms with van der Waals surface area (Å²) in [5.74, 6) is 1.89. The van der Waals surface area contributed by atoms with E-state index >= 15 is 0 Å². The lowest BCUT2D eigenvalue weighted by Crippen LogP contribution is -2.41. The zero-order valence-corrected chi connectivity index (χ0v) is 29.3. The minimum Gasteiger partial charge on any atom is -0.493 e. The van der Waals surface area contributed by atoms with Crippen LogP contribution in [0.5, 0.6) is 17.2 Å². The van der Waals surface area contributed by atoms with Gasteiger partial charge in [-0.25, -0.2) is 13.1 Å². The van der Waals surface area contributed by atoms with Crippen molar-refractivity contribution in [3.05, 3.63) is 76.3 Å². The van der Waals surface area contributed by atoms with E-state index in [1.807, 2.05) is 30.3 Å². The number of benzene rings is 3. The van der Waals surface area contributed by atoms with Crippen LogP contribution in [0.2, 0.25) is 5.02 Å². The maximum absolute atomic E-state index is 13.7. The van der Waals surface area contributed by atoms with Gasteiger partial charge in [-0.3, -0.25) is 9.69 Å². The Morgan fingerprint density at radius 2 is 1.78 bits per heavy atom. The third-order valence-corrected chi connectivity index (χ3v) is 11.7. The van der Waals surface area contributed by atoms with Crippen LogP contribution in [0.4, 0.5) is 5.69 Å². The van der Waals surface area contributed by atoms with Gasteiger partial charge in [0.25, 0.3) is 10.0 Å². The molecule has 1 N–H and O–H groups in total. The standard InChI is InChI=1S/C37H44ClN3O7S/c38-31-7-6-29-25-48-36-9-8-34-22-35(36)41(10-2-1-3-27(29)20-31)23-28-4-5-30(28)24-47-33-18-26(19-37(42)39-49(34,43)44)17-32(21-33)46-16-13-40-11-14-45-15-12-40/h6-9,17-18,20-22,28,30H,1-5,10-16,19,23-25H2,(H,39,42)/t28-,30-/m0/s1. The Morgan fingerprint density at radius 3 is 2.61 bits per heavy atom. The van der Waals surface area contributed by atoms with Crippen LogP contribution in [0.3, 0.4) is 0 Å². The highest BCUT2D eigenvalue weighted by Gasteiger charge is 2.34. The predicted octanol–water partition coefficient (Wildman–Crippen LogP) is 5.24. The molecule has 0 aromatic heterocycles. The molecule has 1 aliphatic carbocycles. The summed E-state index contributed by atoms with van der Waals surface area (Å²) in [6, 6.07) is 16.2. The first-order chi connectivity index (χ1) is 23.8. The van der Waals surface area contributed by atoms with Crippen molar-refractivity contribution in [2.45, 2.75) is 50.0 Å².